The Labute approximate surface area is 123 Å². The predicted molar refractivity (Wildman–Crippen MR) is 75.6 cm³/mol. The summed E-state index contributed by atoms with van der Waals surface area (Å²) in [5.74, 6) is -0.200. The van der Waals surface area contributed by atoms with Crippen molar-refractivity contribution in [3.8, 4) is 0 Å². The maximum absolute atomic E-state index is 12.6. The first-order valence-corrected chi connectivity index (χ1v) is 8.01. The number of benzene rings is 1. The summed E-state index contributed by atoms with van der Waals surface area (Å²) in [6.45, 7) is 5.26. The first kappa shape index (κ1) is 18.0. The Morgan fingerprint density at radius 3 is 2.14 bits per heavy atom. The van der Waals surface area contributed by atoms with E-state index < -0.39 is 22.7 Å². The zero-order valence-corrected chi connectivity index (χ0v) is 13.3. The molecule has 0 unspecified atom stereocenters. The summed E-state index contributed by atoms with van der Waals surface area (Å²) < 4.78 is 63.3. The summed E-state index contributed by atoms with van der Waals surface area (Å²) in [5.41, 5.74) is 1.62. The van der Waals surface area contributed by atoms with Crippen LogP contribution in [-0.2, 0) is 10.0 Å². The van der Waals surface area contributed by atoms with Crippen LogP contribution >= 0.6 is 0 Å². The van der Waals surface area contributed by atoms with Crippen LogP contribution in [0, 0.1) is 19.8 Å². The molecule has 120 valence electrons. The summed E-state index contributed by atoms with van der Waals surface area (Å²) >= 11 is 0. The molecule has 7 heteroatoms. The number of aryl methyl sites for hydroxylation is 2. The summed E-state index contributed by atoms with van der Waals surface area (Å²) in [7, 11) is -4.16. The number of nitrogens with zero attached hydrogens (tertiary/aromatic N) is 1. The third-order valence-corrected chi connectivity index (χ3v) is 4.85. The molecule has 0 saturated heterocycles. The highest BCUT2D eigenvalue weighted by Crippen LogP contribution is 2.24. The van der Waals surface area contributed by atoms with Gasteiger partial charge in [0.15, 0.2) is 0 Å². The van der Waals surface area contributed by atoms with Crippen molar-refractivity contribution in [1.82, 2.24) is 4.31 Å². The molecule has 0 aliphatic carbocycles. The van der Waals surface area contributed by atoms with Crippen LogP contribution < -0.4 is 0 Å². The van der Waals surface area contributed by atoms with E-state index >= 15 is 0 Å². The van der Waals surface area contributed by atoms with E-state index in [0.29, 0.717) is 4.31 Å². The Hall–Kier alpha value is -1.08. The highest BCUT2D eigenvalue weighted by molar-refractivity contribution is 7.89. The molecule has 0 radical (unpaired) electrons. The van der Waals surface area contributed by atoms with Gasteiger partial charge in [-0.25, -0.2) is 8.42 Å². The molecule has 0 spiro atoms. The van der Waals surface area contributed by atoms with Gasteiger partial charge in [-0.1, -0.05) is 19.9 Å². The van der Waals surface area contributed by atoms with Gasteiger partial charge in [0.1, 0.15) is 6.54 Å². The molecule has 0 aliphatic rings. The van der Waals surface area contributed by atoms with Crippen molar-refractivity contribution >= 4 is 10.0 Å². The Bertz CT molecular complexity index is 595. The van der Waals surface area contributed by atoms with E-state index in [4.69, 9.17) is 0 Å². The molecule has 0 N–H and O–H groups in total. The lowest BCUT2D eigenvalue weighted by Gasteiger charge is -2.25. The van der Waals surface area contributed by atoms with Crippen LogP contribution in [0.25, 0.3) is 0 Å². The van der Waals surface area contributed by atoms with Gasteiger partial charge in [-0.05, 0) is 43.0 Å². The van der Waals surface area contributed by atoms with Crippen molar-refractivity contribution < 1.29 is 21.6 Å². The second-order valence-corrected chi connectivity index (χ2v) is 7.49. The van der Waals surface area contributed by atoms with Crippen LogP contribution in [0.2, 0.25) is 0 Å². The van der Waals surface area contributed by atoms with Crippen molar-refractivity contribution in [2.75, 3.05) is 13.1 Å². The molecule has 21 heavy (non-hydrogen) atoms. The Balaban J connectivity index is 3.22. The van der Waals surface area contributed by atoms with Crippen LogP contribution in [0.5, 0.6) is 0 Å². The number of hydrogen-bond acceptors (Lipinski definition) is 2. The zero-order valence-electron chi connectivity index (χ0n) is 12.5. The number of rotatable bonds is 5. The normalized spacial score (nSPS) is 13.2. The Morgan fingerprint density at radius 2 is 1.71 bits per heavy atom. The third kappa shape index (κ3) is 5.00. The van der Waals surface area contributed by atoms with Gasteiger partial charge in [-0.15, -0.1) is 0 Å². The number of hydrogen-bond donors (Lipinski definition) is 0. The molecule has 0 aliphatic heterocycles. The van der Waals surface area contributed by atoms with Crippen LogP contribution in [0.1, 0.15) is 25.0 Å². The van der Waals surface area contributed by atoms with Crippen LogP contribution in [0.4, 0.5) is 13.2 Å². The van der Waals surface area contributed by atoms with Gasteiger partial charge in [-0.3, -0.25) is 0 Å². The van der Waals surface area contributed by atoms with Crippen LogP contribution in [-0.4, -0.2) is 32.0 Å². The van der Waals surface area contributed by atoms with Crippen molar-refractivity contribution in [2.24, 2.45) is 5.92 Å². The van der Waals surface area contributed by atoms with Gasteiger partial charge in [0, 0.05) is 6.54 Å². The van der Waals surface area contributed by atoms with E-state index in [1.165, 1.54) is 12.1 Å². The van der Waals surface area contributed by atoms with Crippen LogP contribution in [0.15, 0.2) is 23.1 Å². The summed E-state index contributed by atoms with van der Waals surface area (Å²) in [6, 6.07) is 4.36. The molecule has 0 fully saturated rings. The van der Waals surface area contributed by atoms with Gasteiger partial charge in [0.2, 0.25) is 10.0 Å². The Kier molecular flexibility index (Phi) is 5.44. The molecular formula is C14H20F3NO2S. The largest absolute Gasteiger partial charge is 0.402 e. The molecule has 3 nitrogen and oxygen atoms in total. The predicted octanol–water partition coefficient (Wildman–Crippen LogP) is 3.51. The maximum Gasteiger partial charge on any atom is 0.402 e. The molecule has 1 aromatic rings. The SMILES string of the molecule is Cc1ccc(S(=O)(=O)N(CC(C)C)CC(F)(F)F)cc1C. The minimum atomic E-state index is -4.57. The van der Waals surface area contributed by atoms with E-state index in [1.54, 1.807) is 26.8 Å². The highest BCUT2D eigenvalue weighted by atomic mass is 32.2. The van der Waals surface area contributed by atoms with E-state index in [2.05, 4.69) is 0 Å². The van der Waals surface area contributed by atoms with Gasteiger partial charge >= 0.3 is 6.18 Å². The lowest BCUT2D eigenvalue weighted by molar-refractivity contribution is -0.136. The molecule has 0 saturated carbocycles. The smallest absolute Gasteiger partial charge is 0.207 e. The van der Waals surface area contributed by atoms with Gasteiger partial charge in [0.05, 0.1) is 4.90 Å². The third-order valence-electron chi connectivity index (χ3n) is 3.04. The minimum Gasteiger partial charge on any atom is -0.207 e. The van der Waals surface area contributed by atoms with E-state index in [9.17, 15) is 21.6 Å². The van der Waals surface area contributed by atoms with Gasteiger partial charge < -0.3 is 0 Å². The van der Waals surface area contributed by atoms with Gasteiger partial charge in [0.25, 0.3) is 0 Å². The standard InChI is InChI=1S/C14H20F3NO2S/c1-10(2)8-18(9-14(15,16)17)21(19,20)13-6-5-11(3)12(4)7-13/h5-7,10H,8-9H2,1-4H3. The average Bonchev–Trinajstić information content (AvgIpc) is 2.29. The summed E-state index contributed by atoms with van der Waals surface area (Å²) in [6.07, 6.45) is -4.57. The van der Waals surface area contributed by atoms with Crippen molar-refractivity contribution in [3.05, 3.63) is 29.3 Å². The van der Waals surface area contributed by atoms with Crippen molar-refractivity contribution in [1.29, 1.82) is 0 Å². The van der Waals surface area contributed by atoms with E-state index in [1.807, 2.05) is 6.92 Å². The second-order valence-electron chi connectivity index (χ2n) is 5.55. The fourth-order valence-corrected chi connectivity index (χ4v) is 3.55. The zero-order chi connectivity index (χ0) is 16.4. The molecule has 0 amide bonds. The highest BCUT2D eigenvalue weighted by Gasteiger charge is 2.37. The molecule has 0 atom stereocenters. The first-order chi connectivity index (χ1) is 9.43. The number of halogens is 3. The fraction of sp³-hybridized carbons (Fsp3) is 0.571. The molecule has 1 rings (SSSR count). The summed E-state index contributed by atoms with van der Waals surface area (Å²) in [4.78, 5) is -0.101. The van der Waals surface area contributed by atoms with Crippen LogP contribution in [0.3, 0.4) is 0 Å². The lowest BCUT2D eigenvalue weighted by atomic mass is 10.1. The number of alkyl halides is 3. The number of sulfonamides is 1. The molecule has 1 aromatic carbocycles. The monoisotopic (exact) mass is 323 g/mol. The topological polar surface area (TPSA) is 37.4 Å². The second kappa shape index (κ2) is 6.36. The average molecular weight is 323 g/mol. The molecule has 0 aromatic heterocycles. The molecular weight excluding hydrogens is 303 g/mol. The summed E-state index contributed by atoms with van der Waals surface area (Å²) in [5, 5.41) is 0. The Morgan fingerprint density at radius 1 is 1.14 bits per heavy atom. The van der Waals surface area contributed by atoms with Crippen molar-refractivity contribution in [2.45, 2.75) is 38.8 Å². The van der Waals surface area contributed by atoms with E-state index in [-0.39, 0.29) is 17.4 Å². The first-order valence-electron chi connectivity index (χ1n) is 6.57. The van der Waals surface area contributed by atoms with E-state index in [0.717, 1.165) is 11.1 Å². The maximum atomic E-state index is 12.6. The van der Waals surface area contributed by atoms with Gasteiger partial charge in [-0.2, -0.15) is 17.5 Å². The minimum absolute atomic E-state index is 0.101. The van der Waals surface area contributed by atoms with Crippen molar-refractivity contribution in [3.63, 3.8) is 0 Å². The quantitative estimate of drug-likeness (QED) is 0.831. The lowest BCUT2D eigenvalue weighted by Crippen LogP contribution is -2.41. The molecule has 0 bridgehead atoms. The fourth-order valence-electron chi connectivity index (χ4n) is 1.88. The molecule has 0 heterocycles.